The zero-order chi connectivity index (χ0) is 15.3. The zero-order valence-corrected chi connectivity index (χ0v) is 14.2. The molecule has 1 rings (SSSR count). The van der Waals surface area contributed by atoms with Crippen LogP contribution in [0.3, 0.4) is 0 Å². The van der Waals surface area contributed by atoms with Crippen LogP contribution < -0.4 is 5.73 Å². The zero-order valence-electron chi connectivity index (χ0n) is 13.3. The lowest BCUT2D eigenvalue weighted by molar-refractivity contribution is -0.134. The number of hydrogen-bond donors (Lipinski definition) is 1. The molecule has 2 N–H and O–H groups in total. The Morgan fingerprint density at radius 3 is 2.50 bits per heavy atom. The Kier molecular flexibility index (Phi) is 6.21. The summed E-state index contributed by atoms with van der Waals surface area (Å²) in [7, 11) is 0. The van der Waals surface area contributed by atoms with Gasteiger partial charge in [-0.1, -0.05) is 26.8 Å². The largest absolute Gasteiger partial charge is 0.335 e. The van der Waals surface area contributed by atoms with Gasteiger partial charge >= 0.3 is 0 Å². The Labute approximate surface area is 127 Å². The molecule has 0 saturated heterocycles. The van der Waals surface area contributed by atoms with Gasteiger partial charge in [-0.2, -0.15) is 0 Å². The Hall–Kier alpha value is -0.870. The normalized spacial score (nSPS) is 13.6. The van der Waals surface area contributed by atoms with Crippen molar-refractivity contribution in [2.45, 2.75) is 66.1 Å². The van der Waals surface area contributed by atoms with Crippen molar-refractivity contribution in [2.75, 3.05) is 0 Å². The fourth-order valence-corrected chi connectivity index (χ4v) is 3.03. The first-order valence-corrected chi connectivity index (χ1v) is 8.14. The molecule has 1 aromatic heterocycles. The predicted octanol–water partition coefficient (Wildman–Crippen LogP) is 3.64. The van der Waals surface area contributed by atoms with Gasteiger partial charge in [-0.15, -0.1) is 11.3 Å². The fraction of sp³-hybridized carbons (Fsp3) is 0.688. The van der Waals surface area contributed by atoms with E-state index in [0.29, 0.717) is 13.0 Å². The first-order valence-electron chi connectivity index (χ1n) is 7.26. The highest BCUT2D eigenvalue weighted by atomic mass is 32.1. The van der Waals surface area contributed by atoms with Crippen molar-refractivity contribution in [3.8, 4) is 0 Å². The van der Waals surface area contributed by atoms with Gasteiger partial charge in [0.1, 0.15) is 0 Å². The summed E-state index contributed by atoms with van der Waals surface area (Å²) in [5.41, 5.74) is 6.29. The van der Waals surface area contributed by atoms with Gasteiger partial charge < -0.3 is 10.6 Å². The van der Waals surface area contributed by atoms with E-state index >= 15 is 0 Å². The van der Waals surface area contributed by atoms with Crippen molar-refractivity contribution < 1.29 is 4.79 Å². The number of hydrogen-bond acceptors (Lipinski definition) is 3. The molecule has 0 spiro atoms. The molecule has 1 aromatic rings. The lowest BCUT2D eigenvalue weighted by atomic mass is 9.87. The number of nitrogens with zero attached hydrogens (tertiary/aromatic N) is 1. The molecule has 1 heterocycles. The van der Waals surface area contributed by atoms with E-state index in [-0.39, 0.29) is 23.4 Å². The number of rotatable bonds is 6. The molecule has 0 bridgehead atoms. The highest BCUT2D eigenvalue weighted by molar-refractivity contribution is 7.09. The van der Waals surface area contributed by atoms with Crippen LogP contribution in [0.25, 0.3) is 0 Å². The van der Waals surface area contributed by atoms with Crippen LogP contribution in [-0.2, 0) is 11.3 Å². The summed E-state index contributed by atoms with van der Waals surface area (Å²) in [4.78, 5) is 15.6. The van der Waals surface area contributed by atoms with E-state index in [4.69, 9.17) is 5.73 Å². The second-order valence-corrected chi connectivity index (χ2v) is 7.96. The third kappa shape index (κ3) is 6.06. The summed E-state index contributed by atoms with van der Waals surface area (Å²) >= 11 is 1.69. The fourth-order valence-electron chi connectivity index (χ4n) is 2.33. The predicted molar refractivity (Wildman–Crippen MR) is 86.7 cm³/mol. The maximum atomic E-state index is 12.5. The van der Waals surface area contributed by atoms with Crippen LogP contribution in [0.15, 0.2) is 17.5 Å². The number of carbonyl (C=O) groups is 1. The first kappa shape index (κ1) is 17.2. The van der Waals surface area contributed by atoms with Crippen LogP contribution in [0, 0.1) is 5.41 Å². The summed E-state index contributed by atoms with van der Waals surface area (Å²) in [5.74, 6) is 0.158. The van der Waals surface area contributed by atoms with Gasteiger partial charge in [-0.05, 0) is 37.1 Å². The van der Waals surface area contributed by atoms with E-state index in [2.05, 4.69) is 40.7 Å². The standard InChI is InChI=1S/C16H28N2OS/c1-12(2)18(11-14-7-6-8-20-14)15(19)9-13(17)10-16(3,4)5/h6-8,12-13H,9-11,17H2,1-5H3. The van der Waals surface area contributed by atoms with Gasteiger partial charge in [-0.25, -0.2) is 0 Å². The highest BCUT2D eigenvalue weighted by Crippen LogP contribution is 2.22. The van der Waals surface area contributed by atoms with Crippen LogP contribution in [0.5, 0.6) is 0 Å². The van der Waals surface area contributed by atoms with E-state index in [1.54, 1.807) is 11.3 Å². The van der Waals surface area contributed by atoms with Gasteiger partial charge in [0.2, 0.25) is 5.91 Å². The molecule has 4 heteroatoms. The van der Waals surface area contributed by atoms with Crippen LogP contribution in [0.1, 0.15) is 52.3 Å². The monoisotopic (exact) mass is 296 g/mol. The third-order valence-corrected chi connectivity index (χ3v) is 4.02. The molecular formula is C16H28N2OS. The van der Waals surface area contributed by atoms with Crippen molar-refractivity contribution in [1.29, 1.82) is 0 Å². The van der Waals surface area contributed by atoms with Gasteiger partial charge in [0.15, 0.2) is 0 Å². The van der Waals surface area contributed by atoms with Crippen molar-refractivity contribution in [1.82, 2.24) is 4.90 Å². The van der Waals surface area contributed by atoms with Gasteiger partial charge in [0.25, 0.3) is 0 Å². The van der Waals surface area contributed by atoms with Crippen molar-refractivity contribution >= 4 is 17.2 Å². The molecule has 0 aliphatic heterocycles. The van der Waals surface area contributed by atoms with Gasteiger partial charge in [-0.3, -0.25) is 4.79 Å². The Morgan fingerprint density at radius 2 is 2.05 bits per heavy atom. The van der Waals surface area contributed by atoms with Crippen LogP contribution in [0.2, 0.25) is 0 Å². The Balaban J connectivity index is 2.61. The summed E-state index contributed by atoms with van der Waals surface area (Å²) in [5, 5.41) is 2.05. The molecule has 0 radical (unpaired) electrons. The van der Waals surface area contributed by atoms with E-state index in [1.807, 2.05) is 16.3 Å². The molecule has 3 nitrogen and oxygen atoms in total. The SMILES string of the molecule is CC(C)N(Cc1cccs1)C(=O)CC(N)CC(C)(C)C. The van der Waals surface area contributed by atoms with Gasteiger partial charge in [0.05, 0.1) is 6.54 Å². The maximum absolute atomic E-state index is 12.5. The minimum Gasteiger partial charge on any atom is -0.335 e. The molecule has 1 unspecified atom stereocenters. The molecule has 114 valence electrons. The lowest BCUT2D eigenvalue weighted by Gasteiger charge is -2.29. The topological polar surface area (TPSA) is 46.3 Å². The highest BCUT2D eigenvalue weighted by Gasteiger charge is 2.23. The number of thiophene rings is 1. The van der Waals surface area contributed by atoms with Crippen LogP contribution >= 0.6 is 11.3 Å². The van der Waals surface area contributed by atoms with E-state index in [9.17, 15) is 4.79 Å². The summed E-state index contributed by atoms with van der Waals surface area (Å²) in [6.07, 6.45) is 1.30. The molecule has 0 aliphatic rings. The number of carbonyl (C=O) groups excluding carboxylic acids is 1. The smallest absolute Gasteiger partial charge is 0.224 e. The van der Waals surface area contributed by atoms with Crippen molar-refractivity contribution in [2.24, 2.45) is 11.1 Å². The minimum atomic E-state index is -0.0629. The quantitative estimate of drug-likeness (QED) is 0.871. The third-order valence-electron chi connectivity index (χ3n) is 3.16. The van der Waals surface area contributed by atoms with Gasteiger partial charge in [0, 0.05) is 23.4 Å². The molecule has 0 saturated carbocycles. The Morgan fingerprint density at radius 1 is 1.40 bits per heavy atom. The first-order chi connectivity index (χ1) is 9.19. The molecule has 20 heavy (non-hydrogen) atoms. The number of amides is 1. The summed E-state index contributed by atoms with van der Waals surface area (Å²) < 4.78 is 0. The second kappa shape index (κ2) is 7.23. The average Bonchev–Trinajstić information content (AvgIpc) is 2.74. The van der Waals surface area contributed by atoms with E-state index in [0.717, 1.165) is 6.42 Å². The summed E-state index contributed by atoms with van der Waals surface area (Å²) in [6.45, 7) is 11.3. The van der Waals surface area contributed by atoms with Crippen LogP contribution in [-0.4, -0.2) is 22.9 Å². The Bertz CT molecular complexity index is 407. The molecule has 0 aromatic carbocycles. The summed E-state index contributed by atoms with van der Waals surface area (Å²) in [6, 6.07) is 4.23. The number of nitrogens with two attached hydrogens (primary N) is 1. The molecular weight excluding hydrogens is 268 g/mol. The van der Waals surface area contributed by atoms with E-state index < -0.39 is 0 Å². The van der Waals surface area contributed by atoms with Crippen molar-refractivity contribution in [3.05, 3.63) is 22.4 Å². The average molecular weight is 296 g/mol. The van der Waals surface area contributed by atoms with Crippen LogP contribution in [0.4, 0.5) is 0 Å². The van der Waals surface area contributed by atoms with E-state index in [1.165, 1.54) is 4.88 Å². The molecule has 1 amide bonds. The maximum Gasteiger partial charge on any atom is 0.224 e. The minimum absolute atomic E-state index is 0.0629. The molecule has 0 fully saturated rings. The lowest BCUT2D eigenvalue weighted by Crippen LogP contribution is -2.40. The molecule has 0 aliphatic carbocycles. The molecule has 1 atom stereocenters. The second-order valence-electron chi connectivity index (χ2n) is 6.92. The van der Waals surface area contributed by atoms with Crippen molar-refractivity contribution in [3.63, 3.8) is 0 Å².